The lowest BCUT2D eigenvalue weighted by molar-refractivity contribution is 0.623. The second-order valence-electron chi connectivity index (χ2n) is 8.69. The first kappa shape index (κ1) is 18.6. The summed E-state index contributed by atoms with van der Waals surface area (Å²) in [5.74, 6) is 5.48. The Kier molecular flexibility index (Phi) is 4.47. The molecule has 0 bridgehead atoms. The van der Waals surface area contributed by atoms with E-state index in [4.69, 9.17) is 0 Å². The zero-order valence-electron chi connectivity index (χ0n) is 16.1. The lowest BCUT2D eigenvalue weighted by Crippen LogP contribution is -2.17. The molecule has 0 atom stereocenters. The van der Waals surface area contributed by atoms with Gasteiger partial charge in [0.1, 0.15) is 27.8 Å². The van der Waals surface area contributed by atoms with Gasteiger partial charge in [0.05, 0.1) is 11.1 Å². The van der Waals surface area contributed by atoms with Gasteiger partial charge in [-0.1, -0.05) is 63.3 Å². The quantitative estimate of drug-likeness (QED) is 0.328. The molecule has 0 amide bonds. The Balaban J connectivity index is 2.19. The summed E-state index contributed by atoms with van der Waals surface area (Å²) in [6.07, 6.45) is 0. The van der Waals surface area contributed by atoms with Gasteiger partial charge in [-0.3, -0.25) is 0 Å². The third-order valence-electron chi connectivity index (χ3n) is 3.97. The minimum absolute atomic E-state index is 0.320. The normalized spacial score (nSPS) is 12.0. The summed E-state index contributed by atoms with van der Waals surface area (Å²) < 4.78 is 28.9. The van der Waals surface area contributed by atoms with E-state index in [1.165, 1.54) is 12.1 Å². The second kappa shape index (κ2) is 6.23. The number of fused-ring (bicyclic) bond motifs is 4. The minimum Gasteiger partial charge on any atom is -0.206 e. The molecule has 0 radical (unpaired) electrons. The maximum atomic E-state index is 14.4. The van der Waals surface area contributed by atoms with E-state index < -0.39 is 16.1 Å². The molecule has 26 heavy (non-hydrogen) atoms. The van der Waals surface area contributed by atoms with Gasteiger partial charge < -0.3 is 0 Å². The summed E-state index contributed by atoms with van der Waals surface area (Å²) in [7, 11) is -3.26. The summed E-state index contributed by atoms with van der Waals surface area (Å²) in [6, 6.07) is 6.28. The topological polar surface area (TPSA) is 0 Å². The van der Waals surface area contributed by atoms with Crippen LogP contribution in [-0.4, -0.2) is 16.1 Å². The van der Waals surface area contributed by atoms with Crippen molar-refractivity contribution in [1.82, 2.24) is 0 Å². The van der Waals surface area contributed by atoms with Crippen molar-refractivity contribution in [2.45, 2.75) is 39.3 Å². The van der Waals surface area contributed by atoms with Crippen molar-refractivity contribution in [3.8, 4) is 45.2 Å². The minimum atomic E-state index is -1.63. The zero-order chi connectivity index (χ0) is 19.3. The number of hydrogen-bond acceptors (Lipinski definition) is 0. The van der Waals surface area contributed by atoms with Crippen molar-refractivity contribution in [3.63, 3.8) is 0 Å². The summed E-state index contributed by atoms with van der Waals surface area (Å²) in [4.78, 5) is 0. The first-order valence-corrected chi connectivity index (χ1v) is 15.7. The van der Waals surface area contributed by atoms with E-state index >= 15 is 0 Å². The average Bonchev–Trinajstić information content (AvgIpc) is 2.48. The maximum Gasteiger partial charge on any atom is 0.139 e. The highest BCUT2D eigenvalue weighted by Crippen LogP contribution is 2.51. The van der Waals surface area contributed by atoms with Gasteiger partial charge in [0.25, 0.3) is 0 Å². The summed E-state index contributed by atoms with van der Waals surface area (Å²) in [5.41, 5.74) is 10.6. The van der Waals surface area contributed by atoms with E-state index in [0.29, 0.717) is 11.1 Å². The van der Waals surface area contributed by atoms with Gasteiger partial charge >= 0.3 is 0 Å². The molecule has 0 aromatic heterocycles. The molecule has 0 nitrogen and oxygen atoms in total. The van der Waals surface area contributed by atoms with Gasteiger partial charge in [0.15, 0.2) is 0 Å². The lowest BCUT2D eigenvalue weighted by atomic mass is 9.75. The van der Waals surface area contributed by atoms with Crippen molar-refractivity contribution < 1.29 is 8.78 Å². The van der Waals surface area contributed by atoms with Crippen molar-refractivity contribution in [3.05, 3.63) is 47.0 Å². The molecule has 0 saturated heterocycles. The van der Waals surface area contributed by atoms with Crippen molar-refractivity contribution in [1.29, 1.82) is 0 Å². The largest absolute Gasteiger partial charge is 0.206 e. The Morgan fingerprint density at radius 1 is 0.615 bits per heavy atom. The van der Waals surface area contributed by atoms with Crippen molar-refractivity contribution >= 4 is 16.1 Å². The third-order valence-corrected chi connectivity index (χ3v) is 5.72. The number of benzene rings is 2. The van der Waals surface area contributed by atoms with Gasteiger partial charge in [-0.25, -0.2) is 8.78 Å². The fourth-order valence-corrected chi connectivity index (χ4v) is 3.81. The Bertz CT molecular complexity index is 931. The molecule has 3 rings (SSSR count). The molecule has 0 heterocycles. The maximum absolute atomic E-state index is 14.4. The first-order valence-electron chi connectivity index (χ1n) is 8.70. The van der Waals surface area contributed by atoms with Crippen LogP contribution in [0, 0.1) is 34.6 Å². The van der Waals surface area contributed by atoms with Gasteiger partial charge in [-0.15, -0.1) is 11.1 Å². The van der Waals surface area contributed by atoms with Crippen LogP contribution in [0.3, 0.4) is 0 Å². The Morgan fingerprint density at radius 3 is 1.27 bits per heavy atom. The van der Waals surface area contributed by atoms with Crippen LogP contribution in [0.2, 0.25) is 39.3 Å². The first-order chi connectivity index (χ1) is 12.0. The molecule has 132 valence electrons. The predicted molar refractivity (Wildman–Crippen MR) is 111 cm³/mol. The third kappa shape index (κ3) is 3.53. The molecule has 0 spiro atoms. The van der Waals surface area contributed by atoms with Gasteiger partial charge in [-0.2, -0.15) is 0 Å². The molecule has 1 aliphatic rings. The molecule has 2 aromatic carbocycles. The average molecular weight is 381 g/mol. The Hall–Kier alpha value is -2.15. The van der Waals surface area contributed by atoms with E-state index in [2.05, 4.69) is 62.2 Å². The van der Waals surface area contributed by atoms with Crippen LogP contribution in [0.25, 0.3) is 22.3 Å². The van der Waals surface area contributed by atoms with Crippen LogP contribution in [-0.2, 0) is 0 Å². The predicted octanol–water partition coefficient (Wildman–Crippen LogP) is 6.07. The molecule has 0 fully saturated rings. The smallest absolute Gasteiger partial charge is 0.139 e. The van der Waals surface area contributed by atoms with Crippen LogP contribution >= 0.6 is 0 Å². The lowest BCUT2D eigenvalue weighted by Gasteiger charge is -2.27. The van der Waals surface area contributed by atoms with Gasteiger partial charge in [0, 0.05) is 11.1 Å². The molecular weight excluding hydrogens is 358 g/mol. The molecule has 1 aliphatic carbocycles. The highest BCUT2D eigenvalue weighted by atomic mass is 28.3. The van der Waals surface area contributed by atoms with E-state index in [-0.39, 0.29) is 11.6 Å². The highest BCUT2D eigenvalue weighted by molar-refractivity contribution is 6.84. The van der Waals surface area contributed by atoms with E-state index in [9.17, 15) is 8.78 Å². The van der Waals surface area contributed by atoms with Crippen molar-refractivity contribution in [2.75, 3.05) is 0 Å². The summed E-state index contributed by atoms with van der Waals surface area (Å²) in [5, 5.41) is 0. The van der Waals surface area contributed by atoms with E-state index in [1.54, 1.807) is 12.1 Å². The standard InChI is InChI=1S/C22H22F2Si2/c1-25(2,3)13-11-15-19(23)9-7-17-21(15)18-8-10-20(24)16(22(17)18)12-14-26(4,5)6/h7-10H,1-6H3. The van der Waals surface area contributed by atoms with Crippen LogP contribution in [0.4, 0.5) is 8.78 Å². The van der Waals surface area contributed by atoms with E-state index in [0.717, 1.165) is 22.3 Å². The number of halogens is 2. The molecule has 0 aliphatic heterocycles. The van der Waals surface area contributed by atoms with Gasteiger partial charge in [0.2, 0.25) is 0 Å². The Morgan fingerprint density at radius 2 is 0.962 bits per heavy atom. The molecule has 4 heteroatoms. The molecule has 2 aromatic rings. The molecule has 0 unspecified atom stereocenters. The van der Waals surface area contributed by atoms with Crippen molar-refractivity contribution in [2.24, 2.45) is 0 Å². The zero-order valence-corrected chi connectivity index (χ0v) is 18.1. The van der Waals surface area contributed by atoms with Crippen LogP contribution < -0.4 is 0 Å². The molecule has 0 N–H and O–H groups in total. The molecular formula is C22H22F2Si2. The van der Waals surface area contributed by atoms with Crippen LogP contribution in [0.5, 0.6) is 0 Å². The fourth-order valence-electron chi connectivity index (χ4n) is 2.81. The monoisotopic (exact) mass is 380 g/mol. The number of rotatable bonds is 0. The SMILES string of the molecule is C[Si](C)(C)C#Cc1c(F)ccc2c1-c1ccc(F)c(C#C[Si](C)(C)C)c1-2. The van der Waals surface area contributed by atoms with Gasteiger partial charge in [-0.05, 0) is 23.3 Å². The van der Waals surface area contributed by atoms with E-state index in [1.807, 2.05) is 0 Å². The summed E-state index contributed by atoms with van der Waals surface area (Å²) >= 11 is 0. The number of hydrogen-bond donors (Lipinski definition) is 0. The van der Waals surface area contributed by atoms with Crippen LogP contribution in [0.1, 0.15) is 11.1 Å². The highest BCUT2D eigenvalue weighted by Gasteiger charge is 2.30. The van der Waals surface area contributed by atoms with Crippen LogP contribution in [0.15, 0.2) is 24.3 Å². The Labute approximate surface area is 156 Å². The fraction of sp³-hybridized carbons (Fsp3) is 0.273. The summed E-state index contributed by atoms with van der Waals surface area (Å²) in [6.45, 7) is 12.8. The molecule has 0 saturated carbocycles. The second-order valence-corrected chi connectivity index (χ2v) is 18.2.